The molecular formula is C15H14Cl2N4O2. The first kappa shape index (κ1) is 15.7. The van der Waals surface area contributed by atoms with Crippen LogP contribution in [0.5, 0.6) is 5.75 Å². The number of hydrogen-bond donors (Lipinski definition) is 1. The van der Waals surface area contributed by atoms with E-state index in [4.69, 9.17) is 32.5 Å². The van der Waals surface area contributed by atoms with Gasteiger partial charge in [0.2, 0.25) is 5.82 Å². The third-order valence-electron chi connectivity index (χ3n) is 3.39. The molecule has 3 aromatic rings. The van der Waals surface area contributed by atoms with E-state index in [1.165, 1.54) is 0 Å². The molecule has 1 aromatic carbocycles. The van der Waals surface area contributed by atoms with Crippen molar-refractivity contribution in [3.63, 3.8) is 0 Å². The first-order valence-electron chi connectivity index (χ1n) is 6.80. The number of aromatic nitrogens is 3. The zero-order chi connectivity index (χ0) is 16.4. The summed E-state index contributed by atoms with van der Waals surface area (Å²) in [6, 6.07) is 9.54. The van der Waals surface area contributed by atoms with Crippen molar-refractivity contribution in [1.82, 2.24) is 14.7 Å². The molecule has 0 spiro atoms. The van der Waals surface area contributed by atoms with Crippen LogP contribution < -0.4 is 10.1 Å². The first-order chi connectivity index (χ1) is 11.1. The Labute approximate surface area is 143 Å². The van der Waals surface area contributed by atoms with Crippen molar-refractivity contribution >= 4 is 29.2 Å². The number of methoxy groups -OCH3 is 1. The molecule has 0 fully saturated rings. The van der Waals surface area contributed by atoms with E-state index in [-0.39, 0.29) is 0 Å². The molecule has 6 nitrogen and oxygen atoms in total. The van der Waals surface area contributed by atoms with Crippen LogP contribution in [0, 0.1) is 0 Å². The molecule has 3 rings (SSSR count). The number of nitrogens with zero attached hydrogens (tertiary/aromatic N) is 3. The van der Waals surface area contributed by atoms with Gasteiger partial charge in [0, 0.05) is 18.3 Å². The summed E-state index contributed by atoms with van der Waals surface area (Å²) in [5.74, 6) is 1.21. The Hall–Kier alpha value is -2.18. The van der Waals surface area contributed by atoms with E-state index in [1.54, 1.807) is 17.7 Å². The average molecular weight is 353 g/mol. The van der Waals surface area contributed by atoms with Gasteiger partial charge in [0.05, 0.1) is 18.7 Å². The summed E-state index contributed by atoms with van der Waals surface area (Å²) in [5.41, 5.74) is 1.72. The minimum atomic E-state index is 0.316. The third-order valence-corrected chi connectivity index (χ3v) is 4.23. The Morgan fingerprint density at radius 2 is 2.13 bits per heavy atom. The van der Waals surface area contributed by atoms with Crippen molar-refractivity contribution in [3.8, 4) is 17.1 Å². The van der Waals surface area contributed by atoms with E-state index in [0.717, 1.165) is 17.0 Å². The smallest absolute Gasteiger partial charge is 0.322 e. The van der Waals surface area contributed by atoms with Crippen LogP contribution in [0.1, 0.15) is 5.69 Å². The number of ether oxygens (including phenoxy) is 1. The van der Waals surface area contributed by atoms with Crippen LogP contribution in [0.25, 0.3) is 11.4 Å². The second-order valence-electron chi connectivity index (χ2n) is 4.84. The fourth-order valence-electron chi connectivity index (χ4n) is 2.10. The maximum Gasteiger partial charge on any atom is 0.322 e. The van der Waals surface area contributed by atoms with Crippen molar-refractivity contribution in [2.45, 2.75) is 6.54 Å². The van der Waals surface area contributed by atoms with Crippen molar-refractivity contribution in [1.29, 1.82) is 0 Å². The molecule has 8 heteroatoms. The van der Waals surface area contributed by atoms with Gasteiger partial charge in [0.15, 0.2) is 0 Å². The van der Waals surface area contributed by atoms with Gasteiger partial charge < -0.3 is 19.1 Å². The Morgan fingerprint density at radius 1 is 1.30 bits per heavy atom. The van der Waals surface area contributed by atoms with Crippen molar-refractivity contribution in [2.24, 2.45) is 7.05 Å². The average Bonchev–Trinajstić information content (AvgIpc) is 3.14. The number of rotatable bonds is 5. The molecule has 0 aliphatic carbocycles. The molecule has 0 amide bonds. The zero-order valence-electron chi connectivity index (χ0n) is 12.5. The molecule has 0 atom stereocenters. The van der Waals surface area contributed by atoms with Gasteiger partial charge in [-0.05, 0) is 18.2 Å². The lowest BCUT2D eigenvalue weighted by molar-refractivity contribution is 0.414. The fourth-order valence-corrected chi connectivity index (χ4v) is 2.52. The summed E-state index contributed by atoms with van der Waals surface area (Å²) in [4.78, 5) is 4.31. The van der Waals surface area contributed by atoms with Crippen LogP contribution in [0.2, 0.25) is 10.2 Å². The first-order valence-corrected chi connectivity index (χ1v) is 7.55. The number of anilines is 1. The van der Waals surface area contributed by atoms with E-state index in [0.29, 0.717) is 28.6 Å². The Morgan fingerprint density at radius 3 is 2.83 bits per heavy atom. The van der Waals surface area contributed by atoms with Crippen molar-refractivity contribution in [3.05, 3.63) is 46.2 Å². The van der Waals surface area contributed by atoms with Gasteiger partial charge in [0.1, 0.15) is 10.9 Å². The van der Waals surface area contributed by atoms with Gasteiger partial charge in [-0.25, -0.2) is 0 Å². The fraction of sp³-hybridized carbons (Fsp3) is 0.200. The second kappa shape index (κ2) is 6.52. The van der Waals surface area contributed by atoms with Gasteiger partial charge in [-0.3, -0.25) is 0 Å². The number of benzene rings is 1. The standard InChI is InChI=1S/C15H14Cl2N4O2/c1-21-10(7-12(16)13(21)17)8-18-15-19-14(20-23-15)9-4-3-5-11(6-9)22-2/h3-7H,8H2,1-2H3,(H,18,19,20). The molecule has 2 aromatic heterocycles. The van der Waals surface area contributed by atoms with Crippen LogP contribution in [0.15, 0.2) is 34.9 Å². The lowest BCUT2D eigenvalue weighted by Gasteiger charge is -2.03. The molecule has 120 valence electrons. The minimum Gasteiger partial charge on any atom is -0.497 e. The summed E-state index contributed by atoms with van der Waals surface area (Å²) in [7, 11) is 3.44. The Kier molecular flexibility index (Phi) is 4.45. The SMILES string of the molecule is COc1cccc(-c2noc(NCc3cc(Cl)c(Cl)n3C)n2)c1. The largest absolute Gasteiger partial charge is 0.497 e. The maximum absolute atomic E-state index is 6.03. The summed E-state index contributed by atoms with van der Waals surface area (Å²) >= 11 is 12.0. The molecule has 0 aliphatic rings. The molecule has 0 bridgehead atoms. The molecule has 0 radical (unpaired) electrons. The van der Waals surface area contributed by atoms with Crippen LogP contribution >= 0.6 is 23.2 Å². The highest BCUT2D eigenvalue weighted by atomic mass is 35.5. The number of nitrogens with one attached hydrogen (secondary N) is 1. The minimum absolute atomic E-state index is 0.316. The summed E-state index contributed by atoms with van der Waals surface area (Å²) in [5, 5.41) is 8.01. The molecule has 0 saturated heterocycles. The summed E-state index contributed by atoms with van der Waals surface area (Å²) in [6.07, 6.45) is 0. The second-order valence-corrected chi connectivity index (χ2v) is 5.61. The number of hydrogen-bond acceptors (Lipinski definition) is 5. The molecule has 2 heterocycles. The molecular weight excluding hydrogens is 339 g/mol. The molecule has 0 saturated carbocycles. The monoisotopic (exact) mass is 352 g/mol. The Bertz CT molecular complexity index is 829. The van der Waals surface area contributed by atoms with E-state index in [2.05, 4.69) is 15.5 Å². The van der Waals surface area contributed by atoms with Crippen LogP contribution in [0.4, 0.5) is 6.01 Å². The third kappa shape index (κ3) is 3.28. The van der Waals surface area contributed by atoms with E-state index in [9.17, 15) is 0 Å². The predicted molar refractivity (Wildman–Crippen MR) is 89.0 cm³/mol. The normalized spacial score (nSPS) is 10.8. The zero-order valence-corrected chi connectivity index (χ0v) is 14.0. The van der Waals surface area contributed by atoms with Gasteiger partial charge in [-0.1, -0.05) is 40.5 Å². The topological polar surface area (TPSA) is 65.1 Å². The van der Waals surface area contributed by atoms with Crippen LogP contribution in [-0.2, 0) is 13.6 Å². The van der Waals surface area contributed by atoms with Gasteiger partial charge in [-0.2, -0.15) is 4.98 Å². The lowest BCUT2D eigenvalue weighted by Crippen LogP contribution is -2.04. The molecule has 0 unspecified atom stereocenters. The number of halogens is 2. The van der Waals surface area contributed by atoms with Gasteiger partial charge in [0.25, 0.3) is 0 Å². The molecule has 1 N–H and O–H groups in total. The van der Waals surface area contributed by atoms with Gasteiger partial charge in [-0.15, -0.1) is 0 Å². The van der Waals surface area contributed by atoms with Crippen molar-refractivity contribution < 1.29 is 9.26 Å². The highest BCUT2D eigenvalue weighted by Gasteiger charge is 2.12. The summed E-state index contributed by atoms with van der Waals surface area (Å²) in [6.45, 7) is 0.461. The van der Waals surface area contributed by atoms with Crippen LogP contribution in [0.3, 0.4) is 0 Å². The summed E-state index contributed by atoms with van der Waals surface area (Å²) < 4.78 is 12.2. The van der Waals surface area contributed by atoms with Gasteiger partial charge >= 0.3 is 6.01 Å². The highest BCUT2D eigenvalue weighted by molar-refractivity contribution is 6.41. The van der Waals surface area contributed by atoms with E-state index in [1.807, 2.05) is 31.3 Å². The quantitative estimate of drug-likeness (QED) is 0.751. The predicted octanol–water partition coefficient (Wildman–Crippen LogP) is 4.00. The maximum atomic E-state index is 6.03. The molecule has 23 heavy (non-hydrogen) atoms. The Balaban J connectivity index is 1.73. The molecule has 0 aliphatic heterocycles. The highest BCUT2D eigenvalue weighted by Crippen LogP contribution is 2.26. The van der Waals surface area contributed by atoms with E-state index < -0.39 is 0 Å². The lowest BCUT2D eigenvalue weighted by atomic mass is 10.2. The van der Waals surface area contributed by atoms with Crippen molar-refractivity contribution in [2.75, 3.05) is 12.4 Å². The van der Waals surface area contributed by atoms with Crippen LogP contribution in [-0.4, -0.2) is 21.8 Å². The van der Waals surface area contributed by atoms with E-state index >= 15 is 0 Å².